The van der Waals surface area contributed by atoms with Gasteiger partial charge in [0.25, 0.3) is 0 Å². The molecule has 0 amide bonds. The van der Waals surface area contributed by atoms with Gasteiger partial charge in [-0.05, 0) is 60.0 Å². The van der Waals surface area contributed by atoms with Crippen molar-refractivity contribution < 1.29 is 9.47 Å². The average molecular weight is 456 g/mol. The molecular formula is C25H53N5O2. The van der Waals surface area contributed by atoms with E-state index in [1.165, 1.54) is 91.4 Å². The van der Waals surface area contributed by atoms with Crippen LogP contribution in [0.25, 0.3) is 0 Å². The Morgan fingerprint density at radius 3 is 1.41 bits per heavy atom. The largest absolute Gasteiger partial charge is 0.382 e. The van der Waals surface area contributed by atoms with Crippen molar-refractivity contribution in [1.29, 1.82) is 0 Å². The van der Waals surface area contributed by atoms with Crippen LogP contribution in [-0.4, -0.2) is 137 Å². The number of ether oxygens (including phenoxy) is 2. The normalized spacial score (nSPS) is 20.2. The van der Waals surface area contributed by atoms with Crippen molar-refractivity contribution >= 4 is 0 Å². The van der Waals surface area contributed by atoms with Crippen LogP contribution in [0.1, 0.15) is 47.0 Å². The van der Waals surface area contributed by atoms with E-state index in [2.05, 4.69) is 52.6 Å². The summed E-state index contributed by atoms with van der Waals surface area (Å²) in [6.07, 6.45) is 3.62. The molecule has 2 aliphatic rings. The Balaban J connectivity index is 1.39. The van der Waals surface area contributed by atoms with Crippen LogP contribution in [0.3, 0.4) is 0 Å². The average Bonchev–Trinajstić information content (AvgIpc) is 2.77. The lowest BCUT2D eigenvalue weighted by molar-refractivity contribution is 0.0900. The van der Waals surface area contributed by atoms with Gasteiger partial charge in [0.05, 0.1) is 6.61 Å². The second-order valence-electron chi connectivity index (χ2n) is 10.4. The Morgan fingerprint density at radius 1 is 0.594 bits per heavy atom. The first-order valence-corrected chi connectivity index (χ1v) is 13.3. The molecule has 32 heavy (non-hydrogen) atoms. The highest BCUT2D eigenvalue weighted by molar-refractivity contribution is 4.75. The van der Waals surface area contributed by atoms with Gasteiger partial charge in [-0.3, -0.25) is 0 Å². The fraction of sp³-hybridized carbons (Fsp3) is 1.00. The molecule has 0 saturated carbocycles. The standard InChI is InChI=1S/C25H53N5O2/c1-5-31-22-7-12-29-18-14-27(15-19-29)10-6-11-28-16-20-30(21-17-28)13-8-23-32-24-9-26-25(2,3)4/h26H,5-24H2,1-4H3. The van der Waals surface area contributed by atoms with Crippen LogP contribution >= 0.6 is 0 Å². The maximum absolute atomic E-state index is 5.77. The van der Waals surface area contributed by atoms with Crippen molar-refractivity contribution in [3.8, 4) is 0 Å². The van der Waals surface area contributed by atoms with Crippen LogP contribution in [0.2, 0.25) is 0 Å². The fourth-order valence-corrected chi connectivity index (χ4v) is 4.52. The molecule has 2 fully saturated rings. The highest BCUT2D eigenvalue weighted by atomic mass is 16.5. The van der Waals surface area contributed by atoms with E-state index in [1.807, 2.05) is 0 Å². The molecule has 1 N–H and O–H groups in total. The molecule has 0 aliphatic carbocycles. The second-order valence-corrected chi connectivity index (χ2v) is 10.4. The molecule has 0 radical (unpaired) electrons. The van der Waals surface area contributed by atoms with Crippen molar-refractivity contribution in [3.05, 3.63) is 0 Å². The van der Waals surface area contributed by atoms with Crippen LogP contribution < -0.4 is 5.32 Å². The van der Waals surface area contributed by atoms with Gasteiger partial charge in [-0.15, -0.1) is 0 Å². The summed E-state index contributed by atoms with van der Waals surface area (Å²) in [5.74, 6) is 0. The van der Waals surface area contributed by atoms with Crippen LogP contribution in [-0.2, 0) is 9.47 Å². The van der Waals surface area contributed by atoms with E-state index < -0.39 is 0 Å². The number of nitrogens with zero attached hydrogens (tertiary/aromatic N) is 4. The minimum atomic E-state index is 0.182. The molecule has 0 aromatic rings. The van der Waals surface area contributed by atoms with E-state index in [4.69, 9.17) is 9.47 Å². The van der Waals surface area contributed by atoms with E-state index in [1.54, 1.807) is 0 Å². The number of piperazine rings is 2. The molecule has 2 aliphatic heterocycles. The molecule has 7 heteroatoms. The van der Waals surface area contributed by atoms with Gasteiger partial charge in [-0.1, -0.05) is 0 Å². The number of hydrogen-bond acceptors (Lipinski definition) is 7. The van der Waals surface area contributed by atoms with Gasteiger partial charge < -0.3 is 34.4 Å². The highest BCUT2D eigenvalue weighted by Crippen LogP contribution is 2.07. The van der Waals surface area contributed by atoms with Gasteiger partial charge in [-0.25, -0.2) is 0 Å². The van der Waals surface area contributed by atoms with E-state index in [0.717, 1.165) is 39.4 Å². The Labute approximate surface area is 198 Å². The minimum absolute atomic E-state index is 0.182. The van der Waals surface area contributed by atoms with E-state index in [9.17, 15) is 0 Å². The Bertz CT molecular complexity index is 444. The van der Waals surface area contributed by atoms with Crippen LogP contribution in [0.5, 0.6) is 0 Å². The molecular weight excluding hydrogens is 402 g/mol. The summed E-state index contributed by atoms with van der Waals surface area (Å²) in [4.78, 5) is 10.5. The summed E-state index contributed by atoms with van der Waals surface area (Å²) < 4.78 is 11.2. The van der Waals surface area contributed by atoms with Crippen LogP contribution in [0.4, 0.5) is 0 Å². The van der Waals surface area contributed by atoms with Crippen molar-refractivity contribution in [1.82, 2.24) is 24.9 Å². The van der Waals surface area contributed by atoms with Gasteiger partial charge in [0.2, 0.25) is 0 Å². The molecule has 2 rings (SSSR count). The van der Waals surface area contributed by atoms with Gasteiger partial charge in [0, 0.05) is 97.4 Å². The molecule has 0 atom stereocenters. The summed E-state index contributed by atoms with van der Waals surface area (Å²) in [5, 5.41) is 3.47. The lowest BCUT2D eigenvalue weighted by Gasteiger charge is -2.36. The second kappa shape index (κ2) is 16.4. The summed E-state index contributed by atoms with van der Waals surface area (Å²) in [6, 6.07) is 0. The first-order chi connectivity index (χ1) is 15.5. The van der Waals surface area contributed by atoms with Gasteiger partial charge in [0.1, 0.15) is 0 Å². The maximum Gasteiger partial charge on any atom is 0.0591 e. The smallest absolute Gasteiger partial charge is 0.0591 e. The monoisotopic (exact) mass is 455 g/mol. The summed E-state index contributed by atoms with van der Waals surface area (Å²) >= 11 is 0. The predicted molar refractivity (Wildman–Crippen MR) is 135 cm³/mol. The Hall–Kier alpha value is -0.280. The molecule has 7 nitrogen and oxygen atoms in total. The Kier molecular flexibility index (Phi) is 14.3. The minimum Gasteiger partial charge on any atom is -0.382 e. The zero-order chi connectivity index (χ0) is 23.1. The fourth-order valence-electron chi connectivity index (χ4n) is 4.52. The van der Waals surface area contributed by atoms with Crippen molar-refractivity contribution in [2.75, 3.05) is 112 Å². The number of nitrogens with one attached hydrogen (secondary N) is 1. The predicted octanol–water partition coefficient (Wildman–Crippen LogP) is 1.83. The molecule has 0 bridgehead atoms. The van der Waals surface area contributed by atoms with Crippen molar-refractivity contribution in [2.45, 2.75) is 52.5 Å². The molecule has 0 spiro atoms. The third-order valence-corrected chi connectivity index (χ3v) is 6.51. The van der Waals surface area contributed by atoms with Crippen LogP contribution in [0, 0.1) is 0 Å². The van der Waals surface area contributed by atoms with Crippen molar-refractivity contribution in [2.24, 2.45) is 0 Å². The third kappa shape index (κ3) is 13.4. The van der Waals surface area contributed by atoms with Gasteiger partial charge in [-0.2, -0.15) is 0 Å². The molecule has 0 aromatic carbocycles. The highest BCUT2D eigenvalue weighted by Gasteiger charge is 2.18. The summed E-state index contributed by atoms with van der Waals surface area (Å²) in [6.45, 7) is 27.7. The molecule has 0 aromatic heterocycles. The van der Waals surface area contributed by atoms with Crippen molar-refractivity contribution in [3.63, 3.8) is 0 Å². The lowest BCUT2D eigenvalue weighted by atomic mass is 10.1. The van der Waals surface area contributed by atoms with E-state index >= 15 is 0 Å². The Morgan fingerprint density at radius 2 is 1.00 bits per heavy atom. The maximum atomic E-state index is 5.77. The molecule has 190 valence electrons. The van der Waals surface area contributed by atoms with E-state index in [0.29, 0.717) is 0 Å². The van der Waals surface area contributed by atoms with Crippen LogP contribution in [0.15, 0.2) is 0 Å². The first-order valence-electron chi connectivity index (χ1n) is 13.3. The quantitative estimate of drug-likeness (QED) is 0.356. The first kappa shape index (κ1) is 28.0. The summed E-state index contributed by atoms with van der Waals surface area (Å²) in [5.41, 5.74) is 0.182. The molecule has 0 unspecified atom stereocenters. The van der Waals surface area contributed by atoms with E-state index in [-0.39, 0.29) is 5.54 Å². The SMILES string of the molecule is CCOCCCN1CCN(CCCN2CCN(CCCOCCNC(C)(C)C)CC2)CC1. The third-order valence-electron chi connectivity index (χ3n) is 6.51. The topological polar surface area (TPSA) is 43.5 Å². The zero-order valence-electron chi connectivity index (χ0n) is 21.7. The van der Waals surface area contributed by atoms with Gasteiger partial charge >= 0.3 is 0 Å². The number of hydrogen-bond donors (Lipinski definition) is 1. The zero-order valence-corrected chi connectivity index (χ0v) is 21.7. The lowest BCUT2D eigenvalue weighted by Crippen LogP contribution is -2.49. The number of rotatable bonds is 16. The molecule has 2 heterocycles. The molecule has 2 saturated heterocycles. The summed E-state index contributed by atoms with van der Waals surface area (Å²) in [7, 11) is 0. The van der Waals surface area contributed by atoms with Gasteiger partial charge in [0.15, 0.2) is 0 Å².